The standard InChI is InChI=1S/C13H18N2O3/c1-2-8-14-13(18)15-11(9-12(16)17)10-6-4-3-5-7-10/h3-7,11H,2,8-9H2,1H3,(H,16,17)(H2,14,15,18). The SMILES string of the molecule is CCCNC(=O)NC(CC(=O)O)c1ccccc1. The first-order valence-electron chi connectivity index (χ1n) is 5.94. The summed E-state index contributed by atoms with van der Waals surface area (Å²) < 4.78 is 0. The molecule has 0 saturated carbocycles. The molecule has 2 amide bonds. The molecule has 0 aromatic heterocycles. The summed E-state index contributed by atoms with van der Waals surface area (Å²) in [4.78, 5) is 22.4. The van der Waals surface area contributed by atoms with Crippen molar-refractivity contribution in [1.29, 1.82) is 0 Å². The van der Waals surface area contributed by atoms with Gasteiger partial charge in [0.2, 0.25) is 0 Å². The van der Waals surface area contributed by atoms with Crippen LogP contribution in [0.1, 0.15) is 31.4 Å². The van der Waals surface area contributed by atoms with Gasteiger partial charge in [0.15, 0.2) is 0 Å². The average Bonchev–Trinajstić information content (AvgIpc) is 2.36. The molecular formula is C13H18N2O3. The van der Waals surface area contributed by atoms with Gasteiger partial charge in [-0.15, -0.1) is 0 Å². The van der Waals surface area contributed by atoms with Crippen molar-refractivity contribution in [3.05, 3.63) is 35.9 Å². The van der Waals surface area contributed by atoms with Gasteiger partial charge in [0.25, 0.3) is 0 Å². The van der Waals surface area contributed by atoms with E-state index in [1.54, 1.807) is 12.1 Å². The van der Waals surface area contributed by atoms with Crippen LogP contribution in [-0.4, -0.2) is 23.7 Å². The molecule has 0 bridgehead atoms. The first-order valence-corrected chi connectivity index (χ1v) is 5.94. The average molecular weight is 250 g/mol. The van der Waals surface area contributed by atoms with Crippen molar-refractivity contribution in [3.8, 4) is 0 Å². The zero-order valence-corrected chi connectivity index (χ0v) is 10.3. The summed E-state index contributed by atoms with van der Waals surface area (Å²) in [6.45, 7) is 2.52. The molecule has 1 atom stereocenters. The van der Waals surface area contributed by atoms with Crippen LogP contribution in [-0.2, 0) is 4.79 Å². The molecule has 0 spiro atoms. The van der Waals surface area contributed by atoms with Gasteiger partial charge < -0.3 is 15.7 Å². The molecule has 0 fully saturated rings. The summed E-state index contributed by atoms with van der Waals surface area (Å²) in [6, 6.07) is 8.22. The molecule has 1 unspecified atom stereocenters. The van der Waals surface area contributed by atoms with Crippen LogP contribution in [0.4, 0.5) is 4.79 Å². The highest BCUT2D eigenvalue weighted by Crippen LogP contribution is 2.16. The van der Waals surface area contributed by atoms with Crippen molar-refractivity contribution in [2.75, 3.05) is 6.54 Å². The first-order chi connectivity index (χ1) is 8.63. The van der Waals surface area contributed by atoms with E-state index in [0.29, 0.717) is 6.54 Å². The minimum absolute atomic E-state index is 0.135. The number of carbonyl (C=O) groups excluding carboxylic acids is 1. The zero-order valence-electron chi connectivity index (χ0n) is 10.3. The third-order valence-electron chi connectivity index (χ3n) is 2.42. The Bertz CT molecular complexity index is 392. The van der Waals surface area contributed by atoms with Gasteiger partial charge in [-0.2, -0.15) is 0 Å². The quantitative estimate of drug-likeness (QED) is 0.721. The summed E-state index contributed by atoms with van der Waals surface area (Å²) in [5, 5.41) is 14.2. The summed E-state index contributed by atoms with van der Waals surface area (Å²) >= 11 is 0. The molecule has 0 saturated heterocycles. The van der Waals surface area contributed by atoms with E-state index in [1.807, 2.05) is 25.1 Å². The second-order valence-electron chi connectivity index (χ2n) is 3.96. The van der Waals surface area contributed by atoms with Crippen LogP contribution in [0.5, 0.6) is 0 Å². The minimum atomic E-state index is -0.945. The molecule has 0 radical (unpaired) electrons. The maximum absolute atomic E-state index is 11.6. The van der Waals surface area contributed by atoms with Gasteiger partial charge in [0.1, 0.15) is 0 Å². The van der Waals surface area contributed by atoms with Gasteiger partial charge in [0.05, 0.1) is 12.5 Å². The molecule has 1 aromatic rings. The van der Waals surface area contributed by atoms with Gasteiger partial charge in [-0.3, -0.25) is 4.79 Å². The molecule has 1 rings (SSSR count). The van der Waals surface area contributed by atoms with Crippen LogP contribution >= 0.6 is 0 Å². The molecule has 5 nitrogen and oxygen atoms in total. The fourth-order valence-corrected chi connectivity index (χ4v) is 1.56. The van der Waals surface area contributed by atoms with E-state index in [2.05, 4.69) is 10.6 Å². The lowest BCUT2D eigenvalue weighted by Gasteiger charge is -2.17. The summed E-state index contributed by atoms with van der Waals surface area (Å²) in [6.07, 6.45) is 0.700. The Labute approximate surface area is 106 Å². The van der Waals surface area contributed by atoms with E-state index in [4.69, 9.17) is 5.11 Å². The van der Waals surface area contributed by atoms with Crippen molar-refractivity contribution in [2.45, 2.75) is 25.8 Å². The minimum Gasteiger partial charge on any atom is -0.481 e. The lowest BCUT2D eigenvalue weighted by atomic mass is 10.0. The van der Waals surface area contributed by atoms with Crippen LogP contribution in [0, 0.1) is 0 Å². The predicted molar refractivity (Wildman–Crippen MR) is 68.3 cm³/mol. The van der Waals surface area contributed by atoms with E-state index < -0.39 is 12.0 Å². The number of carboxylic acid groups (broad SMARTS) is 1. The number of carbonyl (C=O) groups is 2. The number of nitrogens with one attached hydrogen (secondary N) is 2. The molecule has 18 heavy (non-hydrogen) atoms. The maximum atomic E-state index is 11.6. The number of benzene rings is 1. The van der Waals surface area contributed by atoms with Crippen LogP contribution in [0.2, 0.25) is 0 Å². The van der Waals surface area contributed by atoms with E-state index >= 15 is 0 Å². The van der Waals surface area contributed by atoms with Gasteiger partial charge in [-0.05, 0) is 12.0 Å². The van der Waals surface area contributed by atoms with Crippen molar-refractivity contribution < 1.29 is 14.7 Å². The van der Waals surface area contributed by atoms with Gasteiger partial charge >= 0.3 is 12.0 Å². The predicted octanol–water partition coefficient (Wildman–Crippen LogP) is 1.91. The van der Waals surface area contributed by atoms with Crippen LogP contribution in [0.15, 0.2) is 30.3 Å². The number of amides is 2. The number of rotatable bonds is 6. The Morgan fingerprint density at radius 2 is 1.94 bits per heavy atom. The zero-order chi connectivity index (χ0) is 13.4. The van der Waals surface area contributed by atoms with Gasteiger partial charge in [-0.25, -0.2) is 4.79 Å². The Kier molecular flexibility index (Phi) is 5.70. The number of aliphatic carboxylic acids is 1. The van der Waals surface area contributed by atoms with Crippen LogP contribution < -0.4 is 10.6 Å². The monoisotopic (exact) mass is 250 g/mol. The van der Waals surface area contributed by atoms with Crippen molar-refractivity contribution in [2.24, 2.45) is 0 Å². The molecule has 3 N–H and O–H groups in total. The second-order valence-corrected chi connectivity index (χ2v) is 3.96. The van der Waals surface area contributed by atoms with Gasteiger partial charge in [-0.1, -0.05) is 37.3 Å². The first kappa shape index (κ1) is 14.0. The Morgan fingerprint density at radius 3 is 2.50 bits per heavy atom. The molecule has 98 valence electrons. The Balaban J connectivity index is 2.67. The Morgan fingerprint density at radius 1 is 1.28 bits per heavy atom. The number of hydrogen-bond donors (Lipinski definition) is 3. The number of urea groups is 1. The fourth-order valence-electron chi connectivity index (χ4n) is 1.56. The second kappa shape index (κ2) is 7.32. The third-order valence-corrected chi connectivity index (χ3v) is 2.42. The lowest BCUT2D eigenvalue weighted by Crippen LogP contribution is -2.39. The lowest BCUT2D eigenvalue weighted by molar-refractivity contribution is -0.137. The molecule has 0 aliphatic carbocycles. The Hall–Kier alpha value is -2.04. The summed E-state index contributed by atoms with van der Waals surface area (Å²) in [7, 11) is 0. The van der Waals surface area contributed by atoms with Crippen molar-refractivity contribution in [1.82, 2.24) is 10.6 Å². The van der Waals surface area contributed by atoms with E-state index in [1.165, 1.54) is 0 Å². The fraction of sp³-hybridized carbons (Fsp3) is 0.385. The summed E-state index contributed by atoms with van der Waals surface area (Å²) in [5.41, 5.74) is 0.784. The largest absolute Gasteiger partial charge is 0.481 e. The van der Waals surface area contributed by atoms with E-state index in [9.17, 15) is 9.59 Å². The molecule has 0 heterocycles. The van der Waals surface area contributed by atoms with Crippen LogP contribution in [0.25, 0.3) is 0 Å². The van der Waals surface area contributed by atoms with Crippen molar-refractivity contribution >= 4 is 12.0 Å². The molecule has 0 aliphatic heterocycles. The van der Waals surface area contributed by atoms with E-state index in [0.717, 1.165) is 12.0 Å². The molecule has 1 aromatic carbocycles. The smallest absolute Gasteiger partial charge is 0.315 e. The number of carboxylic acids is 1. The highest BCUT2D eigenvalue weighted by Gasteiger charge is 2.17. The topological polar surface area (TPSA) is 78.4 Å². The van der Waals surface area contributed by atoms with Gasteiger partial charge in [0, 0.05) is 6.54 Å². The molecule has 0 aliphatic rings. The van der Waals surface area contributed by atoms with Crippen LogP contribution in [0.3, 0.4) is 0 Å². The normalized spacial score (nSPS) is 11.6. The van der Waals surface area contributed by atoms with Crippen molar-refractivity contribution in [3.63, 3.8) is 0 Å². The molecule has 5 heteroatoms. The summed E-state index contributed by atoms with van der Waals surface area (Å²) in [5.74, 6) is -0.945. The molecular weight excluding hydrogens is 232 g/mol. The number of hydrogen-bond acceptors (Lipinski definition) is 2. The third kappa shape index (κ3) is 4.86. The van der Waals surface area contributed by atoms with E-state index in [-0.39, 0.29) is 12.5 Å². The highest BCUT2D eigenvalue weighted by atomic mass is 16.4. The maximum Gasteiger partial charge on any atom is 0.315 e. The highest BCUT2D eigenvalue weighted by molar-refractivity contribution is 5.76.